The van der Waals surface area contributed by atoms with Crippen molar-refractivity contribution in [1.29, 1.82) is 0 Å². The number of rotatable bonds is 6. The van der Waals surface area contributed by atoms with Crippen LogP contribution in [0, 0.1) is 10.1 Å². The summed E-state index contributed by atoms with van der Waals surface area (Å²) < 4.78 is 46.9. The number of alkyl halides is 3. The first-order valence-electron chi connectivity index (χ1n) is 8.15. The maximum Gasteiger partial charge on any atom is 0.390 e. The van der Waals surface area contributed by atoms with Crippen molar-refractivity contribution in [2.24, 2.45) is 0 Å². The molecule has 11 heteroatoms. The van der Waals surface area contributed by atoms with Crippen molar-refractivity contribution in [2.75, 3.05) is 51.8 Å². The predicted octanol–water partition coefficient (Wildman–Crippen LogP) is 2.46. The Labute approximate surface area is 153 Å². The van der Waals surface area contributed by atoms with E-state index in [0.29, 0.717) is 31.9 Å². The highest BCUT2D eigenvalue weighted by Crippen LogP contribution is 2.36. The first-order valence-corrected chi connectivity index (χ1v) is 8.15. The van der Waals surface area contributed by atoms with Crippen LogP contribution in [0.5, 0.6) is 5.75 Å². The van der Waals surface area contributed by atoms with E-state index in [0.717, 1.165) is 7.11 Å². The number of nitrogens with zero attached hydrogens (tertiary/aromatic N) is 3. The van der Waals surface area contributed by atoms with Crippen molar-refractivity contribution in [3.05, 3.63) is 27.8 Å². The van der Waals surface area contributed by atoms with Crippen molar-refractivity contribution in [2.45, 2.75) is 12.6 Å². The molecule has 0 spiro atoms. The predicted molar refractivity (Wildman–Crippen MR) is 90.3 cm³/mol. The molecule has 1 heterocycles. The highest BCUT2D eigenvalue weighted by molar-refractivity contribution is 5.95. The summed E-state index contributed by atoms with van der Waals surface area (Å²) in [4.78, 5) is 25.9. The zero-order valence-corrected chi connectivity index (χ0v) is 14.9. The van der Waals surface area contributed by atoms with Gasteiger partial charge < -0.3 is 14.4 Å². The van der Waals surface area contributed by atoms with Gasteiger partial charge in [-0.3, -0.25) is 15.0 Å². The molecule has 0 N–H and O–H groups in total. The Kier molecular flexibility index (Phi) is 6.47. The van der Waals surface area contributed by atoms with Crippen molar-refractivity contribution in [1.82, 2.24) is 4.90 Å². The number of hydrogen-bond donors (Lipinski definition) is 0. The normalized spacial score (nSPS) is 15.5. The van der Waals surface area contributed by atoms with Crippen molar-refractivity contribution in [3.8, 4) is 5.75 Å². The van der Waals surface area contributed by atoms with E-state index in [4.69, 9.17) is 4.74 Å². The van der Waals surface area contributed by atoms with Crippen LogP contribution in [0.3, 0.4) is 0 Å². The van der Waals surface area contributed by atoms with E-state index >= 15 is 0 Å². The number of piperazine rings is 1. The second-order valence-corrected chi connectivity index (χ2v) is 5.98. The third-order valence-electron chi connectivity index (χ3n) is 4.32. The standard InChI is InChI=1S/C16H20F3N3O5/c1-26-14-9-11(15(23)27-2)12(22(24)25)10-13(14)21-7-5-20(6-8-21)4-3-16(17,18)19/h9-10H,3-8H2,1-2H3. The lowest BCUT2D eigenvalue weighted by Crippen LogP contribution is -2.47. The Bertz CT molecular complexity index is 703. The van der Waals surface area contributed by atoms with Crippen LogP contribution in [0.4, 0.5) is 24.5 Å². The van der Waals surface area contributed by atoms with E-state index in [9.17, 15) is 28.1 Å². The fourth-order valence-electron chi connectivity index (χ4n) is 2.89. The highest BCUT2D eigenvalue weighted by atomic mass is 19.4. The number of esters is 1. The number of carbonyl (C=O) groups excluding carboxylic acids is 1. The quantitative estimate of drug-likeness (QED) is 0.418. The average molecular weight is 391 g/mol. The second kappa shape index (κ2) is 8.42. The van der Waals surface area contributed by atoms with Gasteiger partial charge in [0.25, 0.3) is 5.69 Å². The summed E-state index contributed by atoms with van der Waals surface area (Å²) in [5.74, 6) is -0.603. The van der Waals surface area contributed by atoms with Gasteiger partial charge in [-0.1, -0.05) is 0 Å². The second-order valence-electron chi connectivity index (χ2n) is 5.98. The minimum absolute atomic E-state index is 0.0874. The summed E-state index contributed by atoms with van der Waals surface area (Å²) in [6.07, 6.45) is -5.08. The van der Waals surface area contributed by atoms with E-state index in [1.54, 1.807) is 9.80 Å². The summed E-state index contributed by atoms with van der Waals surface area (Å²) in [6, 6.07) is 2.48. The maximum atomic E-state index is 12.3. The molecular weight excluding hydrogens is 371 g/mol. The minimum atomic E-state index is -4.20. The van der Waals surface area contributed by atoms with E-state index in [1.807, 2.05) is 0 Å². The van der Waals surface area contributed by atoms with E-state index < -0.39 is 29.2 Å². The summed E-state index contributed by atoms with van der Waals surface area (Å²) >= 11 is 0. The molecule has 0 unspecified atom stereocenters. The lowest BCUT2D eigenvalue weighted by atomic mass is 10.1. The number of anilines is 1. The summed E-state index contributed by atoms with van der Waals surface area (Å²) in [5.41, 5.74) is -0.239. The van der Waals surface area contributed by atoms with E-state index in [-0.39, 0.29) is 17.9 Å². The molecule has 1 aromatic carbocycles. The monoisotopic (exact) mass is 391 g/mol. The van der Waals surface area contributed by atoms with Gasteiger partial charge in [0, 0.05) is 44.9 Å². The van der Waals surface area contributed by atoms with Crippen LogP contribution in [0.2, 0.25) is 0 Å². The Morgan fingerprint density at radius 1 is 1.22 bits per heavy atom. The third-order valence-corrected chi connectivity index (χ3v) is 4.32. The molecule has 1 fully saturated rings. The van der Waals surface area contributed by atoms with E-state index in [1.165, 1.54) is 19.2 Å². The van der Waals surface area contributed by atoms with Crippen molar-refractivity contribution < 1.29 is 32.4 Å². The maximum absolute atomic E-state index is 12.3. The first-order chi connectivity index (χ1) is 12.7. The number of halogens is 3. The number of ether oxygens (including phenoxy) is 2. The number of nitro benzene ring substituents is 1. The molecule has 0 amide bonds. The lowest BCUT2D eigenvalue weighted by Gasteiger charge is -2.36. The van der Waals surface area contributed by atoms with Crippen LogP contribution >= 0.6 is 0 Å². The molecule has 150 valence electrons. The lowest BCUT2D eigenvalue weighted by molar-refractivity contribution is -0.385. The molecule has 0 atom stereocenters. The Morgan fingerprint density at radius 2 is 1.85 bits per heavy atom. The summed E-state index contributed by atoms with van der Waals surface area (Å²) in [7, 11) is 2.48. The fraction of sp³-hybridized carbons (Fsp3) is 0.562. The molecule has 0 radical (unpaired) electrons. The topological polar surface area (TPSA) is 85.2 Å². The SMILES string of the molecule is COC(=O)c1cc(OC)c(N2CCN(CCC(F)(F)F)CC2)cc1[N+](=O)[O-]. The van der Waals surface area contributed by atoms with Gasteiger partial charge in [-0.25, -0.2) is 4.79 Å². The average Bonchev–Trinajstić information content (AvgIpc) is 2.64. The molecule has 0 aromatic heterocycles. The Balaban J connectivity index is 2.20. The number of methoxy groups -OCH3 is 2. The molecule has 0 saturated carbocycles. The molecule has 1 aromatic rings. The zero-order valence-electron chi connectivity index (χ0n) is 14.9. The zero-order chi connectivity index (χ0) is 20.2. The van der Waals surface area contributed by atoms with E-state index in [2.05, 4.69) is 4.74 Å². The molecule has 1 aliphatic rings. The molecular formula is C16H20F3N3O5. The van der Waals surface area contributed by atoms with Gasteiger partial charge in [0.2, 0.25) is 0 Å². The van der Waals surface area contributed by atoms with Crippen LogP contribution in [-0.4, -0.2) is 68.9 Å². The van der Waals surface area contributed by atoms with Crippen LogP contribution in [0.15, 0.2) is 12.1 Å². The molecule has 0 bridgehead atoms. The Hall–Kier alpha value is -2.56. The van der Waals surface area contributed by atoms with Crippen LogP contribution < -0.4 is 9.64 Å². The number of nitro groups is 1. The van der Waals surface area contributed by atoms with Gasteiger partial charge in [0.1, 0.15) is 11.3 Å². The van der Waals surface area contributed by atoms with Gasteiger partial charge in [0.05, 0.1) is 31.3 Å². The molecule has 8 nitrogen and oxygen atoms in total. The number of carbonyl (C=O) groups is 1. The molecule has 1 aliphatic heterocycles. The molecule has 2 rings (SSSR count). The van der Waals surface area contributed by atoms with Gasteiger partial charge in [-0.05, 0) is 0 Å². The Morgan fingerprint density at radius 3 is 2.33 bits per heavy atom. The third kappa shape index (κ3) is 5.22. The number of hydrogen-bond acceptors (Lipinski definition) is 7. The van der Waals surface area contributed by atoms with Crippen LogP contribution in [0.25, 0.3) is 0 Å². The van der Waals surface area contributed by atoms with Gasteiger partial charge in [-0.15, -0.1) is 0 Å². The largest absolute Gasteiger partial charge is 0.495 e. The van der Waals surface area contributed by atoms with Crippen LogP contribution in [0.1, 0.15) is 16.8 Å². The molecule has 0 aliphatic carbocycles. The summed E-state index contributed by atoms with van der Waals surface area (Å²) in [6.45, 7) is 1.43. The van der Waals surface area contributed by atoms with Gasteiger partial charge >= 0.3 is 12.1 Å². The van der Waals surface area contributed by atoms with Crippen LogP contribution in [-0.2, 0) is 4.74 Å². The minimum Gasteiger partial charge on any atom is -0.495 e. The number of benzene rings is 1. The highest BCUT2D eigenvalue weighted by Gasteiger charge is 2.30. The fourth-order valence-corrected chi connectivity index (χ4v) is 2.89. The molecule has 1 saturated heterocycles. The van der Waals surface area contributed by atoms with Crippen molar-refractivity contribution in [3.63, 3.8) is 0 Å². The smallest absolute Gasteiger partial charge is 0.390 e. The first kappa shape index (κ1) is 20.7. The van der Waals surface area contributed by atoms with Gasteiger partial charge in [-0.2, -0.15) is 13.2 Å². The summed E-state index contributed by atoms with van der Waals surface area (Å²) in [5, 5.41) is 11.3. The van der Waals surface area contributed by atoms with Gasteiger partial charge in [0.15, 0.2) is 0 Å². The van der Waals surface area contributed by atoms with Crippen molar-refractivity contribution >= 4 is 17.3 Å². The molecule has 27 heavy (non-hydrogen) atoms.